The smallest absolute Gasteiger partial charge is 0.0767 e. The normalized spacial score (nSPS) is 52.6. The van der Waals surface area contributed by atoms with Gasteiger partial charge in [-0.1, -0.05) is 20.8 Å². The molecule has 0 amide bonds. The molecule has 3 nitrogen and oxygen atoms in total. The SMILES string of the molecule is CC1CC(C)(C)CCC1(O)C1(CN)CC2CCC1O2. The summed E-state index contributed by atoms with van der Waals surface area (Å²) in [5.41, 5.74) is 5.69. The van der Waals surface area contributed by atoms with Crippen LogP contribution in [0.4, 0.5) is 0 Å². The second kappa shape index (κ2) is 4.19. The number of hydrogen-bond donors (Lipinski definition) is 2. The Balaban J connectivity index is 1.91. The fraction of sp³-hybridized carbons (Fsp3) is 1.00. The molecule has 1 saturated carbocycles. The predicted molar refractivity (Wildman–Crippen MR) is 75.7 cm³/mol. The molecule has 5 unspecified atom stereocenters. The molecule has 3 heteroatoms. The molecule has 5 atom stereocenters. The number of aliphatic hydroxyl groups is 1. The second-order valence-corrected chi connectivity index (χ2v) is 8.08. The lowest BCUT2D eigenvalue weighted by molar-refractivity contribution is -0.175. The van der Waals surface area contributed by atoms with Crippen LogP contribution in [0, 0.1) is 16.7 Å². The maximum Gasteiger partial charge on any atom is 0.0767 e. The molecule has 110 valence electrons. The molecule has 2 aliphatic heterocycles. The summed E-state index contributed by atoms with van der Waals surface area (Å²) in [5.74, 6) is 0.308. The van der Waals surface area contributed by atoms with Gasteiger partial charge in [-0.15, -0.1) is 0 Å². The number of fused-ring (bicyclic) bond motifs is 2. The molecule has 3 N–H and O–H groups in total. The van der Waals surface area contributed by atoms with E-state index in [0.717, 1.165) is 38.5 Å². The Labute approximate surface area is 116 Å². The number of rotatable bonds is 2. The Morgan fingerprint density at radius 3 is 2.42 bits per heavy atom. The first-order chi connectivity index (χ1) is 8.83. The van der Waals surface area contributed by atoms with Crippen molar-refractivity contribution >= 4 is 0 Å². The zero-order valence-corrected chi connectivity index (χ0v) is 12.6. The quantitative estimate of drug-likeness (QED) is 0.808. The van der Waals surface area contributed by atoms with Crippen molar-refractivity contribution in [2.24, 2.45) is 22.5 Å². The highest BCUT2D eigenvalue weighted by atomic mass is 16.5. The molecule has 2 bridgehead atoms. The summed E-state index contributed by atoms with van der Waals surface area (Å²) in [6.07, 6.45) is 6.80. The largest absolute Gasteiger partial charge is 0.389 e. The monoisotopic (exact) mass is 267 g/mol. The minimum atomic E-state index is -0.628. The zero-order chi connectivity index (χ0) is 13.9. The van der Waals surface area contributed by atoms with Gasteiger partial charge in [0.05, 0.1) is 17.8 Å². The van der Waals surface area contributed by atoms with E-state index >= 15 is 0 Å². The van der Waals surface area contributed by atoms with Gasteiger partial charge in [-0.2, -0.15) is 0 Å². The molecule has 0 spiro atoms. The summed E-state index contributed by atoms with van der Waals surface area (Å²) in [4.78, 5) is 0. The first kappa shape index (κ1) is 13.8. The first-order valence-corrected chi connectivity index (χ1v) is 7.91. The van der Waals surface area contributed by atoms with Crippen LogP contribution >= 0.6 is 0 Å². The van der Waals surface area contributed by atoms with Gasteiger partial charge in [-0.3, -0.25) is 0 Å². The Bertz CT molecular complexity index is 370. The van der Waals surface area contributed by atoms with Gasteiger partial charge in [-0.25, -0.2) is 0 Å². The minimum Gasteiger partial charge on any atom is -0.389 e. The Morgan fingerprint density at radius 2 is 1.95 bits per heavy atom. The van der Waals surface area contributed by atoms with Crippen LogP contribution in [0.1, 0.15) is 59.3 Å². The summed E-state index contributed by atoms with van der Waals surface area (Å²) < 4.78 is 6.06. The van der Waals surface area contributed by atoms with Gasteiger partial charge in [-0.05, 0) is 49.9 Å². The van der Waals surface area contributed by atoms with Gasteiger partial charge in [0.2, 0.25) is 0 Å². The summed E-state index contributed by atoms with van der Waals surface area (Å²) in [6, 6.07) is 0. The van der Waals surface area contributed by atoms with Crippen LogP contribution in [-0.4, -0.2) is 29.5 Å². The molecule has 1 aliphatic carbocycles. The topological polar surface area (TPSA) is 55.5 Å². The maximum absolute atomic E-state index is 11.5. The van der Waals surface area contributed by atoms with E-state index in [1.165, 1.54) is 0 Å². The van der Waals surface area contributed by atoms with E-state index in [2.05, 4.69) is 20.8 Å². The van der Waals surface area contributed by atoms with Gasteiger partial charge in [0, 0.05) is 12.0 Å². The van der Waals surface area contributed by atoms with E-state index < -0.39 is 5.60 Å². The van der Waals surface area contributed by atoms with Crippen molar-refractivity contribution in [1.82, 2.24) is 0 Å². The van der Waals surface area contributed by atoms with Crippen LogP contribution in [0.3, 0.4) is 0 Å². The van der Waals surface area contributed by atoms with Crippen LogP contribution in [0.25, 0.3) is 0 Å². The highest BCUT2D eigenvalue weighted by Gasteiger charge is 2.64. The van der Waals surface area contributed by atoms with Crippen molar-refractivity contribution in [3.05, 3.63) is 0 Å². The van der Waals surface area contributed by atoms with Gasteiger partial charge in [0.25, 0.3) is 0 Å². The molecule has 3 rings (SSSR count). The number of ether oxygens (including phenoxy) is 1. The standard InChI is InChI=1S/C16H29NO2/c1-11-8-14(2,3)6-7-16(11,18)15(10-17)9-12-4-5-13(15)19-12/h11-13,18H,4-10,17H2,1-3H3. The molecule has 19 heavy (non-hydrogen) atoms. The van der Waals surface area contributed by atoms with Crippen LogP contribution in [0.2, 0.25) is 0 Å². The summed E-state index contributed by atoms with van der Waals surface area (Å²) >= 11 is 0. The average molecular weight is 267 g/mol. The van der Waals surface area contributed by atoms with E-state index in [4.69, 9.17) is 10.5 Å². The van der Waals surface area contributed by atoms with E-state index in [-0.39, 0.29) is 11.5 Å². The van der Waals surface area contributed by atoms with E-state index in [1.807, 2.05) is 0 Å². The third-order valence-electron chi connectivity index (χ3n) is 6.40. The van der Waals surface area contributed by atoms with Crippen molar-refractivity contribution in [3.8, 4) is 0 Å². The van der Waals surface area contributed by atoms with Crippen LogP contribution in [0.15, 0.2) is 0 Å². The second-order valence-electron chi connectivity index (χ2n) is 8.08. The molecule has 0 aromatic carbocycles. The molecular formula is C16H29NO2. The lowest BCUT2D eigenvalue weighted by atomic mass is 9.52. The molecule has 0 aromatic heterocycles. The van der Waals surface area contributed by atoms with E-state index in [1.54, 1.807) is 0 Å². The zero-order valence-electron chi connectivity index (χ0n) is 12.6. The summed E-state index contributed by atoms with van der Waals surface area (Å²) in [7, 11) is 0. The minimum absolute atomic E-state index is 0.189. The highest BCUT2D eigenvalue weighted by Crippen LogP contribution is 2.60. The fourth-order valence-corrected chi connectivity index (χ4v) is 5.26. The molecule has 2 heterocycles. The third-order valence-corrected chi connectivity index (χ3v) is 6.40. The highest BCUT2D eigenvalue weighted by molar-refractivity contribution is 5.14. The average Bonchev–Trinajstić information content (AvgIpc) is 2.94. The molecular weight excluding hydrogens is 238 g/mol. The van der Waals surface area contributed by atoms with Crippen molar-refractivity contribution in [1.29, 1.82) is 0 Å². The Morgan fingerprint density at radius 1 is 1.21 bits per heavy atom. The van der Waals surface area contributed by atoms with Crippen molar-refractivity contribution in [2.45, 2.75) is 77.1 Å². The summed E-state index contributed by atoms with van der Waals surface area (Å²) in [5, 5.41) is 11.5. The lowest BCUT2D eigenvalue weighted by Gasteiger charge is -2.56. The van der Waals surface area contributed by atoms with Crippen LogP contribution < -0.4 is 5.73 Å². The van der Waals surface area contributed by atoms with Crippen molar-refractivity contribution < 1.29 is 9.84 Å². The summed E-state index contributed by atoms with van der Waals surface area (Å²) in [6.45, 7) is 7.41. The van der Waals surface area contributed by atoms with Gasteiger partial charge in [0.1, 0.15) is 0 Å². The number of nitrogens with two attached hydrogens (primary N) is 1. The molecule has 2 saturated heterocycles. The van der Waals surface area contributed by atoms with Gasteiger partial charge in [0.15, 0.2) is 0 Å². The maximum atomic E-state index is 11.5. The first-order valence-electron chi connectivity index (χ1n) is 7.91. The van der Waals surface area contributed by atoms with Crippen molar-refractivity contribution in [3.63, 3.8) is 0 Å². The number of hydrogen-bond acceptors (Lipinski definition) is 3. The third kappa shape index (κ3) is 1.81. The Kier molecular flexibility index (Phi) is 3.05. The molecule has 3 fully saturated rings. The fourth-order valence-electron chi connectivity index (χ4n) is 5.26. The lowest BCUT2D eigenvalue weighted by Crippen LogP contribution is -2.63. The molecule has 0 radical (unpaired) electrons. The van der Waals surface area contributed by atoms with E-state index in [0.29, 0.717) is 24.0 Å². The molecule has 0 aromatic rings. The Hall–Kier alpha value is -0.120. The van der Waals surface area contributed by atoms with Gasteiger partial charge < -0.3 is 15.6 Å². The van der Waals surface area contributed by atoms with Crippen molar-refractivity contribution in [2.75, 3.05) is 6.54 Å². The van der Waals surface area contributed by atoms with Crippen LogP contribution in [0.5, 0.6) is 0 Å². The molecule has 3 aliphatic rings. The van der Waals surface area contributed by atoms with E-state index in [9.17, 15) is 5.11 Å². The predicted octanol–water partition coefficient (Wildman–Crippen LogP) is 2.46. The van der Waals surface area contributed by atoms with Crippen LogP contribution in [-0.2, 0) is 4.74 Å². The van der Waals surface area contributed by atoms with Gasteiger partial charge >= 0.3 is 0 Å².